The molecule has 0 aromatic carbocycles. The van der Waals surface area contributed by atoms with Gasteiger partial charge in [-0.25, -0.2) is 0 Å². The molecule has 3 heteroatoms. The second-order valence-corrected chi connectivity index (χ2v) is 7.04. The molecule has 0 amide bonds. The van der Waals surface area contributed by atoms with Gasteiger partial charge in [0.1, 0.15) is 0 Å². The second kappa shape index (κ2) is 6.15. The van der Waals surface area contributed by atoms with Crippen LogP contribution in [0.25, 0.3) is 24.3 Å². The summed E-state index contributed by atoms with van der Waals surface area (Å²) in [5, 5.41) is 4.20. The van der Waals surface area contributed by atoms with E-state index in [1.165, 1.54) is 19.5 Å². The molecular weight excluding hydrogens is 288 g/mol. The maximum Gasteiger partial charge on any atom is 0.0277 e. The maximum atomic E-state index is 2.18. The molecule has 0 aliphatic heterocycles. The quantitative estimate of drug-likeness (QED) is 0.537. The first kappa shape index (κ1) is 12.6. The summed E-state index contributed by atoms with van der Waals surface area (Å²) in [7, 11) is 0. The molecule has 3 aromatic heterocycles. The molecule has 0 saturated carbocycles. The average Bonchev–Trinajstić information content (AvgIpc) is 3.16. The van der Waals surface area contributed by atoms with Crippen LogP contribution >= 0.6 is 34.0 Å². The monoisotopic (exact) mass is 300 g/mol. The van der Waals surface area contributed by atoms with E-state index in [9.17, 15) is 0 Å². The molecule has 0 nitrogen and oxygen atoms in total. The lowest BCUT2D eigenvalue weighted by Crippen LogP contribution is -1.58. The smallest absolute Gasteiger partial charge is 0.0277 e. The van der Waals surface area contributed by atoms with Crippen molar-refractivity contribution in [2.24, 2.45) is 0 Å². The molecule has 94 valence electrons. The van der Waals surface area contributed by atoms with Crippen molar-refractivity contribution in [2.45, 2.75) is 0 Å². The first-order valence-corrected chi connectivity index (χ1v) is 8.51. The molecule has 19 heavy (non-hydrogen) atoms. The van der Waals surface area contributed by atoms with Crippen LogP contribution < -0.4 is 0 Å². The van der Waals surface area contributed by atoms with Gasteiger partial charge in [0, 0.05) is 19.5 Å². The summed E-state index contributed by atoms with van der Waals surface area (Å²) in [5.41, 5.74) is 0. The Morgan fingerprint density at radius 2 is 1.05 bits per heavy atom. The van der Waals surface area contributed by atoms with Crippen LogP contribution in [-0.2, 0) is 0 Å². The molecule has 0 spiro atoms. The van der Waals surface area contributed by atoms with Crippen molar-refractivity contribution in [3.8, 4) is 0 Å². The maximum absolute atomic E-state index is 2.18. The van der Waals surface area contributed by atoms with Crippen LogP contribution in [0.3, 0.4) is 0 Å². The first-order valence-electron chi connectivity index (χ1n) is 5.93. The summed E-state index contributed by atoms with van der Waals surface area (Å²) in [6, 6.07) is 12.8. The minimum Gasteiger partial charge on any atom is -0.144 e. The Kier molecular flexibility index (Phi) is 4.08. The highest BCUT2D eigenvalue weighted by Crippen LogP contribution is 2.23. The fourth-order valence-corrected chi connectivity index (χ4v) is 3.70. The van der Waals surface area contributed by atoms with Gasteiger partial charge >= 0.3 is 0 Å². The Bertz CT molecular complexity index is 609. The number of hydrogen-bond acceptors (Lipinski definition) is 3. The van der Waals surface area contributed by atoms with Gasteiger partial charge in [0.25, 0.3) is 0 Å². The van der Waals surface area contributed by atoms with Gasteiger partial charge in [-0.1, -0.05) is 12.1 Å². The van der Waals surface area contributed by atoms with Crippen molar-refractivity contribution in [2.75, 3.05) is 0 Å². The molecule has 0 atom stereocenters. The van der Waals surface area contributed by atoms with Crippen molar-refractivity contribution in [1.82, 2.24) is 0 Å². The van der Waals surface area contributed by atoms with E-state index in [-0.39, 0.29) is 0 Å². The Morgan fingerprint density at radius 1 is 0.579 bits per heavy atom. The molecule has 0 radical (unpaired) electrons. The number of hydrogen-bond donors (Lipinski definition) is 0. The predicted molar refractivity (Wildman–Crippen MR) is 90.8 cm³/mol. The van der Waals surface area contributed by atoms with E-state index >= 15 is 0 Å². The molecule has 0 N–H and O–H groups in total. The summed E-state index contributed by atoms with van der Waals surface area (Å²) in [6.07, 6.45) is 8.70. The van der Waals surface area contributed by atoms with Gasteiger partial charge in [-0.15, -0.1) is 34.0 Å². The van der Waals surface area contributed by atoms with Crippen molar-refractivity contribution < 1.29 is 0 Å². The zero-order valence-electron chi connectivity index (χ0n) is 10.2. The van der Waals surface area contributed by atoms with E-state index in [2.05, 4.69) is 71.5 Å². The Balaban J connectivity index is 1.69. The number of thiophene rings is 3. The molecular formula is C16H12S3. The lowest BCUT2D eigenvalue weighted by Gasteiger charge is -1.85. The fraction of sp³-hybridized carbons (Fsp3) is 0. The second-order valence-electron chi connectivity index (χ2n) is 3.94. The lowest BCUT2D eigenvalue weighted by molar-refractivity contribution is 1.91. The van der Waals surface area contributed by atoms with E-state index in [4.69, 9.17) is 0 Å². The fourth-order valence-electron chi connectivity index (χ4n) is 1.65. The molecule has 3 rings (SSSR count). The summed E-state index contributed by atoms with van der Waals surface area (Å²) < 4.78 is 0. The van der Waals surface area contributed by atoms with Crippen molar-refractivity contribution in [1.29, 1.82) is 0 Å². The molecule has 0 aliphatic rings. The zero-order valence-corrected chi connectivity index (χ0v) is 12.6. The van der Waals surface area contributed by atoms with Gasteiger partial charge in [-0.05, 0) is 59.3 Å². The average molecular weight is 300 g/mol. The first-order chi connectivity index (χ1) is 9.40. The minimum absolute atomic E-state index is 1.29. The molecule has 0 saturated heterocycles. The normalized spacial score (nSPS) is 11.8. The van der Waals surface area contributed by atoms with Gasteiger partial charge in [0.2, 0.25) is 0 Å². The third-order valence-electron chi connectivity index (χ3n) is 2.56. The molecule has 0 aliphatic carbocycles. The van der Waals surface area contributed by atoms with Crippen LogP contribution in [-0.4, -0.2) is 0 Å². The van der Waals surface area contributed by atoms with Gasteiger partial charge in [0.05, 0.1) is 0 Å². The van der Waals surface area contributed by atoms with E-state index < -0.39 is 0 Å². The van der Waals surface area contributed by atoms with Crippen LogP contribution in [0, 0.1) is 0 Å². The lowest BCUT2D eigenvalue weighted by atomic mass is 10.3. The summed E-state index contributed by atoms with van der Waals surface area (Å²) in [5.74, 6) is 0. The molecule has 0 fully saturated rings. The van der Waals surface area contributed by atoms with Gasteiger partial charge in [-0.3, -0.25) is 0 Å². The van der Waals surface area contributed by atoms with Crippen LogP contribution in [0.5, 0.6) is 0 Å². The molecule has 0 unspecified atom stereocenters. The van der Waals surface area contributed by atoms with E-state index in [1.54, 1.807) is 22.7 Å². The van der Waals surface area contributed by atoms with Gasteiger partial charge in [-0.2, -0.15) is 0 Å². The summed E-state index contributed by atoms with van der Waals surface area (Å²) in [6.45, 7) is 0. The van der Waals surface area contributed by atoms with Crippen LogP contribution in [0.4, 0.5) is 0 Å². The SMILES string of the molecule is C(=C\c1ccc(/C=C/c2cccs2)s1)/c1cccs1. The number of rotatable bonds is 4. The van der Waals surface area contributed by atoms with Crippen LogP contribution in [0.15, 0.2) is 47.2 Å². The molecule has 0 bridgehead atoms. The molecule has 3 aromatic rings. The highest BCUT2D eigenvalue weighted by molar-refractivity contribution is 7.14. The highest BCUT2D eigenvalue weighted by atomic mass is 32.1. The van der Waals surface area contributed by atoms with Crippen LogP contribution in [0.1, 0.15) is 19.5 Å². The van der Waals surface area contributed by atoms with Crippen molar-refractivity contribution in [3.63, 3.8) is 0 Å². The third kappa shape index (κ3) is 3.53. The molecule has 3 heterocycles. The Labute approximate surface area is 125 Å². The Hall–Kier alpha value is -1.42. The topological polar surface area (TPSA) is 0 Å². The summed E-state index contributed by atoms with van der Waals surface area (Å²) >= 11 is 5.34. The zero-order chi connectivity index (χ0) is 12.9. The predicted octanol–water partition coefficient (Wildman–Crippen LogP) is 6.21. The highest BCUT2D eigenvalue weighted by Gasteiger charge is 1.95. The standard InChI is InChI=1S/C16H12S3/c1-3-13(17-11-1)5-7-15-9-10-16(19-15)8-6-14-4-2-12-18-14/h1-12H/b7-5+,8-6+. The third-order valence-corrected chi connectivity index (χ3v) is 5.25. The van der Waals surface area contributed by atoms with E-state index in [1.807, 2.05) is 11.3 Å². The van der Waals surface area contributed by atoms with Gasteiger partial charge < -0.3 is 0 Å². The van der Waals surface area contributed by atoms with E-state index in [0.29, 0.717) is 0 Å². The van der Waals surface area contributed by atoms with Gasteiger partial charge in [0.15, 0.2) is 0 Å². The van der Waals surface area contributed by atoms with E-state index in [0.717, 1.165) is 0 Å². The van der Waals surface area contributed by atoms with Crippen molar-refractivity contribution >= 4 is 58.3 Å². The summed E-state index contributed by atoms with van der Waals surface area (Å²) in [4.78, 5) is 5.17. The van der Waals surface area contributed by atoms with Crippen LogP contribution in [0.2, 0.25) is 0 Å². The minimum atomic E-state index is 1.29. The van der Waals surface area contributed by atoms with Crippen molar-refractivity contribution in [3.05, 3.63) is 66.7 Å². The Morgan fingerprint density at radius 3 is 1.47 bits per heavy atom. The largest absolute Gasteiger partial charge is 0.144 e.